The standard InChI is InChI=1S/C18H20FNO/c1-13-4-2-3-5-15(13)12-21-18-9-14(8-16(19)10-18)11-20-17-6-7-17/h2-5,8-10,17,20H,6-7,11-12H2,1H3. The lowest BCUT2D eigenvalue weighted by molar-refractivity contribution is 0.303. The molecule has 0 unspecified atom stereocenters. The monoisotopic (exact) mass is 285 g/mol. The highest BCUT2D eigenvalue weighted by molar-refractivity contribution is 5.31. The van der Waals surface area contributed by atoms with E-state index >= 15 is 0 Å². The maximum absolute atomic E-state index is 13.7. The van der Waals surface area contributed by atoms with Crippen molar-refractivity contribution in [3.05, 3.63) is 65.0 Å². The molecule has 1 aliphatic carbocycles. The summed E-state index contributed by atoms with van der Waals surface area (Å²) in [5.41, 5.74) is 3.24. The van der Waals surface area contributed by atoms with Crippen LogP contribution in [0.1, 0.15) is 29.5 Å². The molecule has 0 aliphatic heterocycles. The average Bonchev–Trinajstić information content (AvgIpc) is 3.28. The fourth-order valence-electron chi connectivity index (χ4n) is 2.29. The first kappa shape index (κ1) is 14.1. The number of nitrogens with one attached hydrogen (secondary N) is 1. The van der Waals surface area contributed by atoms with Gasteiger partial charge in [0.1, 0.15) is 18.2 Å². The number of hydrogen-bond donors (Lipinski definition) is 1. The summed E-state index contributed by atoms with van der Waals surface area (Å²) in [6, 6.07) is 13.6. The lowest BCUT2D eigenvalue weighted by Crippen LogP contribution is -2.15. The van der Waals surface area contributed by atoms with Gasteiger partial charge < -0.3 is 10.1 Å². The minimum atomic E-state index is -0.245. The van der Waals surface area contributed by atoms with Gasteiger partial charge in [0.2, 0.25) is 0 Å². The second kappa shape index (κ2) is 6.27. The highest BCUT2D eigenvalue weighted by Gasteiger charge is 2.20. The van der Waals surface area contributed by atoms with Crippen LogP contribution in [0.2, 0.25) is 0 Å². The molecule has 21 heavy (non-hydrogen) atoms. The van der Waals surface area contributed by atoms with Gasteiger partial charge in [0.25, 0.3) is 0 Å². The average molecular weight is 285 g/mol. The first-order chi connectivity index (χ1) is 10.2. The van der Waals surface area contributed by atoms with Crippen molar-refractivity contribution in [3.63, 3.8) is 0 Å². The number of halogens is 1. The molecule has 1 aliphatic rings. The lowest BCUT2D eigenvalue weighted by atomic mass is 10.1. The Hall–Kier alpha value is -1.87. The van der Waals surface area contributed by atoms with Crippen molar-refractivity contribution in [2.24, 2.45) is 0 Å². The van der Waals surface area contributed by atoms with Crippen LogP contribution >= 0.6 is 0 Å². The summed E-state index contributed by atoms with van der Waals surface area (Å²) in [6.07, 6.45) is 2.46. The second-order valence-corrected chi connectivity index (χ2v) is 5.67. The predicted molar refractivity (Wildman–Crippen MR) is 81.8 cm³/mol. The van der Waals surface area contributed by atoms with E-state index in [1.54, 1.807) is 6.07 Å². The van der Waals surface area contributed by atoms with Gasteiger partial charge >= 0.3 is 0 Å². The fourth-order valence-corrected chi connectivity index (χ4v) is 2.29. The zero-order chi connectivity index (χ0) is 14.7. The topological polar surface area (TPSA) is 21.3 Å². The molecule has 0 bridgehead atoms. The molecule has 2 aromatic rings. The number of hydrogen-bond acceptors (Lipinski definition) is 2. The molecule has 1 saturated carbocycles. The molecule has 0 heterocycles. The van der Waals surface area contributed by atoms with E-state index < -0.39 is 0 Å². The van der Waals surface area contributed by atoms with Crippen LogP contribution in [-0.4, -0.2) is 6.04 Å². The Balaban J connectivity index is 1.65. The molecule has 3 rings (SSSR count). The third-order valence-electron chi connectivity index (χ3n) is 3.76. The summed E-state index contributed by atoms with van der Waals surface area (Å²) in [5, 5.41) is 3.39. The van der Waals surface area contributed by atoms with Crippen molar-refractivity contribution in [1.29, 1.82) is 0 Å². The van der Waals surface area contributed by atoms with Crippen LogP contribution in [0, 0.1) is 12.7 Å². The zero-order valence-corrected chi connectivity index (χ0v) is 12.2. The van der Waals surface area contributed by atoms with Gasteiger partial charge in [-0.25, -0.2) is 4.39 Å². The van der Waals surface area contributed by atoms with Crippen molar-refractivity contribution in [2.75, 3.05) is 0 Å². The number of ether oxygens (including phenoxy) is 1. The molecule has 0 atom stereocenters. The smallest absolute Gasteiger partial charge is 0.127 e. The Kier molecular flexibility index (Phi) is 4.20. The Labute approximate surface area is 125 Å². The summed E-state index contributed by atoms with van der Waals surface area (Å²) in [5.74, 6) is 0.343. The van der Waals surface area contributed by atoms with Crippen LogP contribution in [0.25, 0.3) is 0 Å². The van der Waals surface area contributed by atoms with Gasteiger partial charge in [-0.15, -0.1) is 0 Å². The van der Waals surface area contributed by atoms with E-state index in [0.717, 1.165) is 11.1 Å². The van der Waals surface area contributed by atoms with Gasteiger partial charge in [0.15, 0.2) is 0 Å². The molecule has 0 saturated heterocycles. The highest BCUT2D eigenvalue weighted by atomic mass is 19.1. The summed E-state index contributed by atoms with van der Waals surface area (Å²) in [4.78, 5) is 0. The fraction of sp³-hybridized carbons (Fsp3) is 0.333. The van der Waals surface area contributed by atoms with Crippen molar-refractivity contribution >= 4 is 0 Å². The maximum atomic E-state index is 13.7. The van der Waals surface area contributed by atoms with E-state index in [9.17, 15) is 4.39 Å². The van der Waals surface area contributed by atoms with E-state index in [0.29, 0.717) is 24.9 Å². The molecular formula is C18H20FNO. The molecular weight excluding hydrogens is 265 g/mol. The van der Waals surface area contributed by atoms with Crippen molar-refractivity contribution in [2.45, 2.75) is 39.0 Å². The van der Waals surface area contributed by atoms with E-state index in [1.807, 2.05) is 24.3 Å². The third kappa shape index (κ3) is 4.05. The summed E-state index contributed by atoms with van der Waals surface area (Å²) in [7, 11) is 0. The molecule has 0 aromatic heterocycles. The molecule has 2 nitrogen and oxygen atoms in total. The van der Waals surface area contributed by atoms with Crippen molar-refractivity contribution in [3.8, 4) is 5.75 Å². The van der Waals surface area contributed by atoms with E-state index in [1.165, 1.54) is 24.5 Å². The van der Waals surface area contributed by atoms with Crippen LogP contribution in [0.4, 0.5) is 4.39 Å². The minimum Gasteiger partial charge on any atom is -0.489 e. The quantitative estimate of drug-likeness (QED) is 0.867. The first-order valence-corrected chi connectivity index (χ1v) is 7.41. The molecule has 0 spiro atoms. The van der Waals surface area contributed by atoms with Crippen LogP contribution in [-0.2, 0) is 13.2 Å². The highest BCUT2D eigenvalue weighted by Crippen LogP contribution is 2.22. The van der Waals surface area contributed by atoms with Crippen molar-refractivity contribution in [1.82, 2.24) is 5.32 Å². The van der Waals surface area contributed by atoms with Crippen LogP contribution in [0.15, 0.2) is 42.5 Å². The molecule has 2 aromatic carbocycles. The van der Waals surface area contributed by atoms with Crippen molar-refractivity contribution < 1.29 is 9.13 Å². The van der Waals surface area contributed by atoms with E-state index in [2.05, 4.69) is 18.3 Å². The van der Waals surface area contributed by atoms with Crippen LogP contribution < -0.4 is 10.1 Å². The van der Waals surface area contributed by atoms with E-state index in [-0.39, 0.29) is 5.82 Å². The molecule has 0 radical (unpaired) electrons. The summed E-state index contributed by atoms with van der Waals surface area (Å²) < 4.78 is 19.4. The number of rotatable bonds is 6. The summed E-state index contributed by atoms with van der Waals surface area (Å²) in [6.45, 7) is 3.21. The zero-order valence-electron chi connectivity index (χ0n) is 12.2. The van der Waals surface area contributed by atoms with Gasteiger partial charge in [-0.2, -0.15) is 0 Å². The molecule has 0 amide bonds. The summed E-state index contributed by atoms with van der Waals surface area (Å²) >= 11 is 0. The van der Waals surface area contributed by atoms with Crippen LogP contribution in [0.5, 0.6) is 5.75 Å². The van der Waals surface area contributed by atoms with Gasteiger partial charge in [-0.3, -0.25) is 0 Å². The van der Waals surface area contributed by atoms with Gasteiger partial charge in [-0.05, 0) is 48.6 Å². The van der Waals surface area contributed by atoms with Gasteiger partial charge in [-0.1, -0.05) is 24.3 Å². The van der Waals surface area contributed by atoms with Gasteiger partial charge in [0, 0.05) is 18.7 Å². The molecule has 110 valence electrons. The Morgan fingerprint density at radius 2 is 2.00 bits per heavy atom. The normalized spacial score (nSPS) is 14.2. The third-order valence-corrected chi connectivity index (χ3v) is 3.76. The SMILES string of the molecule is Cc1ccccc1COc1cc(F)cc(CNC2CC2)c1. The predicted octanol–water partition coefficient (Wildman–Crippen LogP) is 3.97. The minimum absolute atomic E-state index is 0.245. The maximum Gasteiger partial charge on any atom is 0.127 e. The lowest BCUT2D eigenvalue weighted by Gasteiger charge is -2.11. The van der Waals surface area contributed by atoms with Gasteiger partial charge in [0.05, 0.1) is 0 Å². The van der Waals surface area contributed by atoms with E-state index in [4.69, 9.17) is 4.74 Å². The molecule has 1 N–H and O–H groups in total. The molecule has 3 heteroatoms. The Morgan fingerprint density at radius 1 is 1.19 bits per heavy atom. The number of aryl methyl sites for hydroxylation is 1. The number of benzene rings is 2. The Bertz CT molecular complexity index is 622. The van der Waals surface area contributed by atoms with Crippen LogP contribution in [0.3, 0.4) is 0 Å². The largest absolute Gasteiger partial charge is 0.489 e. The first-order valence-electron chi connectivity index (χ1n) is 7.41. The second-order valence-electron chi connectivity index (χ2n) is 5.67. The Morgan fingerprint density at radius 3 is 2.76 bits per heavy atom. The molecule has 1 fully saturated rings.